The lowest BCUT2D eigenvalue weighted by molar-refractivity contribution is 0.177. The van der Waals surface area contributed by atoms with Crippen LogP contribution in [0.1, 0.15) is 30.1 Å². The summed E-state index contributed by atoms with van der Waals surface area (Å²) in [5.74, 6) is 0.898. The zero-order valence-corrected chi connectivity index (χ0v) is 16.5. The molecule has 146 valence electrons. The fraction of sp³-hybridized carbons (Fsp3) is 0.348. The van der Waals surface area contributed by atoms with Crippen LogP contribution >= 0.6 is 0 Å². The number of nitrogens with zero attached hydrogens (tertiary/aromatic N) is 2. The number of benzene rings is 2. The third-order valence-electron chi connectivity index (χ3n) is 5.70. The molecule has 4 rings (SSSR count). The van der Waals surface area contributed by atoms with Crippen molar-refractivity contribution in [1.82, 2.24) is 14.5 Å². The van der Waals surface area contributed by atoms with Gasteiger partial charge in [-0.1, -0.05) is 42.5 Å². The van der Waals surface area contributed by atoms with E-state index in [0.717, 1.165) is 55.2 Å². The highest BCUT2D eigenvalue weighted by molar-refractivity contribution is 5.61. The molecule has 0 spiro atoms. The molecule has 0 radical (unpaired) electrons. The molecule has 2 aromatic carbocycles. The van der Waals surface area contributed by atoms with Crippen molar-refractivity contribution < 1.29 is 4.74 Å². The molecule has 0 unspecified atom stereocenters. The first-order chi connectivity index (χ1) is 13.7. The first kappa shape index (κ1) is 18.6. The molecule has 28 heavy (non-hydrogen) atoms. The van der Waals surface area contributed by atoms with E-state index in [9.17, 15) is 4.79 Å². The Kier molecular flexibility index (Phi) is 5.35. The van der Waals surface area contributed by atoms with Gasteiger partial charge >= 0.3 is 5.69 Å². The van der Waals surface area contributed by atoms with Gasteiger partial charge < -0.3 is 9.72 Å². The van der Waals surface area contributed by atoms with E-state index < -0.39 is 0 Å². The van der Waals surface area contributed by atoms with Crippen molar-refractivity contribution in [1.29, 1.82) is 0 Å². The summed E-state index contributed by atoms with van der Waals surface area (Å²) in [4.78, 5) is 18.2. The van der Waals surface area contributed by atoms with Gasteiger partial charge in [0.25, 0.3) is 0 Å². The number of aromatic nitrogens is 2. The molecule has 1 saturated heterocycles. The lowest BCUT2D eigenvalue weighted by Crippen LogP contribution is -2.37. The van der Waals surface area contributed by atoms with E-state index in [2.05, 4.69) is 22.0 Å². The first-order valence-corrected chi connectivity index (χ1v) is 9.87. The van der Waals surface area contributed by atoms with Gasteiger partial charge in [0.2, 0.25) is 0 Å². The lowest BCUT2D eigenvalue weighted by Gasteiger charge is -2.32. The quantitative estimate of drug-likeness (QED) is 0.731. The van der Waals surface area contributed by atoms with Crippen molar-refractivity contribution in [3.05, 3.63) is 76.3 Å². The summed E-state index contributed by atoms with van der Waals surface area (Å²) in [5, 5.41) is 0. The van der Waals surface area contributed by atoms with Crippen molar-refractivity contribution in [2.45, 2.75) is 32.4 Å². The Morgan fingerprint density at radius 3 is 2.54 bits per heavy atom. The van der Waals surface area contributed by atoms with Gasteiger partial charge in [-0.05, 0) is 43.0 Å². The number of piperidine rings is 1. The van der Waals surface area contributed by atoms with Crippen LogP contribution in [-0.2, 0) is 6.54 Å². The number of aromatic amines is 1. The second kappa shape index (κ2) is 8.07. The highest BCUT2D eigenvalue weighted by atomic mass is 16.5. The fourth-order valence-electron chi connectivity index (χ4n) is 4.22. The Hall–Kier alpha value is -2.79. The summed E-state index contributed by atoms with van der Waals surface area (Å²) >= 11 is 0. The van der Waals surface area contributed by atoms with Crippen LogP contribution < -0.4 is 10.4 Å². The molecular formula is C23H27N3O2. The van der Waals surface area contributed by atoms with Crippen LogP contribution in [0.15, 0.2) is 59.4 Å². The molecule has 3 aromatic rings. The molecule has 1 N–H and O–H groups in total. The molecule has 0 amide bonds. The molecule has 0 atom stereocenters. The van der Waals surface area contributed by atoms with Gasteiger partial charge in [0, 0.05) is 31.4 Å². The zero-order chi connectivity index (χ0) is 19.5. The Bertz CT molecular complexity index is 983. The zero-order valence-electron chi connectivity index (χ0n) is 16.5. The highest BCUT2D eigenvalue weighted by Gasteiger charge is 2.24. The van der Waals surface area contributed by atoms with Gasteiger partial charge in [0.1, 0.15) is 5.75 Å². The number of H-pyrrole nitrogens is 1. The normalized spacial score (nSPS) is 15.6. The van der Waals surface area contributed by atoms with E-state index in [1.54, 1.807) is 7.11 Å². The van der Waals surface area contributed by atoms with Crippen molar-refractivity contribution in [2.24, 2.45) is 0 Å². The molecule has 5 heteroatoms. The van der Waals surface area contributed by atoms with Gasteiger partial charge in [-0.25, -0.2) is 4.79 Å². The average molecular weight is 377 g/mol. The van der Waals surface area contributed by atoms with Crippen LogP contribution in [0.25, 0.3) is 11.3 Å². The molecule has 1 aromatic heterocycles. The van der Waals surface area contributed by atoms with Gasteiger partial charge in [-0.2, -0.15) is 0 Å². The lowest BCUT2D eigenvalue weighted by atomic mass is 10.0. The molecule has 2 heterocycles. The van der Waals surface area contributed by atoms with E-state index in [0.29, 0.717) is 0 Å². The molecule has 0 aliphatic carbocycles. The third kappa shape index (κ3) is 3.76. The van der Waals surface area contributed by atoms with E-state index >= 15 is 0 Å². The number of nitrogens with one attached hydrogen (secondary N) is 1. The van der Waals surface area contributed by atoms with Crippen LogP contribution in [0.2, 0.25) is 0 Å². The minimum Gasteiger partial charge on any atom is -0.497 e. The SMILES string of the molecule is COc1cccc(CN2CCC(n3c(C)c(-c4ccccc4)[nH]c3=O)CC2)c1. The first-order valence-electron chi connectivity index (χ1n) is 9.87. The number of rotatable bonds is 5. The summed E-state index contributed by atoms with van der Waals surface area (Å²) in [6.07, 6.45) is 1.97. The smallest absolute Gasteiger partial charge is 0.326 e. The average Bonchev–Trinajstić information content (AvgIpc) is 3.03. The molecular weight excluding hydrogens is 350 g/mol. The maximum absolute atomic E-state index is 12.7. The van der Waals surface area contributed by atoms with Crippen LogP contribution in [0.5, 0.6) is 5.75 Å². The van der Waals surface area contributed by atoms with E-state index in [4.69, 9.17) is 4.74 Å². The Balaban J connectivity index is 1.45. The third-order valence-corrected chi connectivity index (χ3v) is 5.70. The Morgan fingerprint density at radius 1 is 1.07 bits per heavy atom. The molecule has 1 fully saturated rings. The van der Waals surface area contributed by atoms with Crippen molar-refractivity contribution in [3.8, 4) is 17.0 Å². The van der Waals surface area contributed by atoms with Crippen molar-refractivity contribution in [2.75, 3.05) is 20.2 Å². The number of ether oxygens (including phenoxy) is 1. The van der Waals surface area contributed by atoms with Gasteiger partial charge in [-0.15, -0.1) is 0 Å². The minimum absolute atomic E-state index is 0.00241. The predicted octanol–water partition coefficient (Wildman–Crippen LogP) is 4.00. The summed E-state index contributed by atoms with van der Waals surface area (Å²) in [6, 6.07) is 18.6. The van der Waals surface area contributed by atoms with E-state index in [-0.39, 0.29) is 11.7 Å². The largest absolute Gasteiger partial charge is 0.497 e. The minimum atomic E-state index is 0.00241. The fourth-order valence-corrected chi connectivity index (χ4v) is 4.22. The van der Waals surface area contributed by atoms with Crippen molar-refractivity contribution in [3.63, 3.8) is 0 Å². The molecule has 5 nitrogen and oxygen atoms in total. The van der Waals surface area contributed by atoms with Crippen LogP contribution in [0.3, 0.4) is 0 Å². The number of methoxy groups -OCH3 is 1. The van der Waals surface area contributed by atoms with Gasteiger partial charge in [-0.3, -0.25) is 9.47 Å². The molecule has 1 aliphatic rings. The topological polar surface area (TPSA) is 50.3 Å². The summed E-state index contributed by atoms with van der Waals surface area (Å²) in [6.45, 7) is 4.93. The number of likely N-dealkylation sites (tertiary alicyclic amines) is 1. The molecule has 0 saturated carbocycles. The Labute approximate surface area is 165 Å². The predicted molar refractivity (Wildman–Crippen MR) is 112 cm³/mol. The highest BCUT2D eigenvalue weighted by Crippen LogP contribution is 2.27. The second-order valence-electron chi connectivity index (χ2n) is 7.49. The van der Waals surface area contributed by atoms with Gasteiger partial charge in [0.15, 0.2) is 0 Å². The Morgan fingerprint density at radius 2 is 1.82 bits per heavy atom. The number of imidazole rings is 1. The van der Waals surface area contributed by atoms with Crippen molar-refractivity contribution >= 4 is 0 Å². The van der Waals surface area contributed by atoms with Crippen LogP contribution in [0, 0.1) is 6.92 Å². The summed E-state index contributed by atoms with van der Waals surface area (Å²) in [5.41, 5.74) is 4.29. The maximum atomic E-state index is 12.7. The number of hydrogen-bond donors (Lipinski definition) is 1. The summed E-state index contributed by atoms with van der Waals surface area (Å²) in [7, 11) is 1.70. The monoisotopic (exact) mass is 377 g/mol. The number of hydrogen-bond acceptors (Lipinski definition) is 3. The standard InChI is InChI=1S/C23H27N3O2/c1-17-22(19-8-4-3-5-9-19)24-23(27)26(17)20-11-13-25(14-12-20)16-18-7-6-10-21(15-18)28-2/h3-10,15,20H,11-14,16H2,1-2H3,(H,24,27). The summed E-state index contributed by atoms with van der Waals surface area (Å²) < 4.78 is 7.29. The maximum Gasteiger partial charge on any atom is 0.326 e. The van der Waals surface area contributed by atoms with E-state index in [1.807, 2.05) is 54.0 Å². The van der Waals surface area contributed by atoms with Gasteiger partial charge in [0.05, 0.1) is 12.8 Å². The van der Waals surface area contributed by atoms with Crippen LogP contribution in [0.4, 0.5) is 0 Å². The second-order valence-corrected chi connectivity index (χ2v) is 7.49. The molecule has 0 bridgehead atoms. The van der Waals surface area contributed by atoms with Crippen LogP contribution in [-0.4, -0.2) is 34.7 Å². The molecule has 1 aliphatic heterocycles. The van der Waals surface area contributed by atoms with E-state index in [1.165, 1.54) is 5.56 Å².